The summed E-state index contributed by atoms with van der Waals surface area (Å²) in [7, 11) is 0. The molecule has 0 spiro atoms. The summed E-state index contributed by atoms with van der Waals surface area (Å²) < 4.78 is 5.62. The van der Waals surface area contributed by atoms with Crippen molar-refractivity contribution >= 4 is 11.8 Å². The molecule has 1 aromatic rings. The molecular weight excluding hydrogens is 236 g/mol. The molecule has 1 fully saturated rings. The second-order valence-corrected chi connectivity index (χ2v) is 5.69. The molecule has 1 N–H and O–H groups in total. The Bertz CT molecular complexity index is 450. The monoisotopic (exact) mass is 254 g/mol. The molecule has 0 aromatic carbocycles. The van der Waals surface area contributed by atoms with E-state index in [0.717, 1.165) is 29.4 Å². The fourth-order valence-corrected chi connectivity index (χ4v) is 2.94. The van der Waals surface area contributed by atoms with Gasteiger partial charge in [-0.05, 0) is 12.8 Å². The number of ether oxygens (including phenoxy) is 1. The zero-order chi connectivity index (χ0) is 12.4. The maximum atomic E-state index is 12.0. The fourth-order valence-electron chi connectivity index (χ4n) is 2.09. The highest BCUT2D eigenvalue weighted by molar-refractivity contribution is 7.99. The van der Waals surface area contributed by atoms with Crippen molar-refractivity contribution in [3.63, 3.8) is 0 Å². The number of hydrogen-bond acceptors (Lipinski definition) is 4. The van der Waals surface area contributed by atoms with Gasteiger partial charge in [-0.25, -0.2) is 4.98 Å². The smallest absolute Gasteiger partial charge is 0.254 e. The van der Waals surface area contributed by atoms with Gasteiger partial charge in [-0.2, -0.15) is 11.8 Å². The number of thioether (sulfide) groups is 1. The van der Waals surface area contributed by atoms with Crippen molar-refractivity contribution in [2.24, 2.45) is 0 Å². The first-order valence-electron chi connectivity index (χ1n) is 5.89. The first-order valence-corrected chi connectivity index (χ1v) is 7.05. The van der Waals surface area contributed by atoms with Crippen LogP contribution >= 0.6 is 11.8 Å². The molecule has 1 saturated heterocycles. The molecule has 5 heteroatoms. The number of aryl methyl sites for hydroxylation is 1. The number of rotatable bonds is 2. The van der Waals surface area contributed by atoms with E-state index in [9.17, 15) is 4.79 Å². The molecule has 0 radical (unpaired) electrons. The van der Waals surface area contributed by atoms with Crippen LogP contribution in [0.1, 0.15) is 43.0 Å². The van der Waals surface area contributed by atoms with Crippen LogP contribution in [0.3, 0.4) is 0 Å². The molecule has 1 aromatic heterocycles. The van der Waals surface area contributed by atoms with E-state index in [4.69, 9.17) is 4.74 Å². The second-order valence-electron chi connectivity index (χ2n) is 4.54. The molecule has 17 heavy (non-hydrogen) atoms. The lowest BCUT2D eigenvalue weighted by atomic mass is 10.0. The number of nitrogens with zero attached hydrogens (tertiary/aromatic N) is 1. The lowest BCUT2D eigenvalue weighted by molar-refractivity contribution is 0.0690. The largest absolute Gasteiger partial charge is 0.369 e. The SMILES string of the molecule is Cc1nc(C2CSCCO2)[nH]c(=O)c1C(C)C. The molecular formula is C12H18N2O2S. The van der Waals surface area contributed by atoms with Gasteiger partial charge in [-0.15, -0.1) is 0 Å². The Labute approximate surface area is 105 Å². The Morgan fingerprint density at radius 2 is 2.29 bits per heavy atom. The van der Waals surface area contributed by atoms with Gasteiger partial charge in [0, 0.05) is 22.8 Å². The number of H-pyrrole nitrogens is 1. The van der Waals surface area contributed by atoms with E-state index < -0.39 is 0 Å². The van der Waals surface area contributed by atoms with Gasteiger partial charge in [0.15, 0.2) is 0 Å². The maximum Gasteiger partial charge on any atom is 0.254 e. The highest BCUT2D eigenvalue weighted by Crippen LogP contribution is 2.24. The minimum absolute atomic E-state index is 0.0262. The summed E-state index contributed by atoms with van der Waals surface area (Å²) in [5, 5.41) is 0. The third-order valence-electron chi connectivity index (χ3n) is 2.86. The molecule has 0 bridgehead atoms. The van der Waals surface area contributed by atoms with E-state index in [1.807, 2.05) is 32.5 Å². The molecule has 1 aliphatic rings. The van der Waals surface area contributed by atoms with Crippen molar-refractivity contribution in [3.05, 3.63) is 27.4 Å². The standard InChI is InChI=1S/C12H18N2O2S/c1-7(2)10-8(3)13-11(14-12(10)15)9-6-17-5-4-16-9/h7,9H,4-6H2,1-3H3,(H,13,14,15). The predicted octanol–water partition coefficient (Wildman–Crippen LogP) is 2.01. The van der Waals surface area contributed by atoms with E-state index >= 15 is 0 Å². The summed E-state index contributed by atoms with van der Waals surface area (Å²) in [5.74, 6) is 2.75. The van der Waals surface area contributed by atoms with Crippen molar-refractivity contribution in [2.45, 2.75) is 32.8 Å². The number of hydrogen-bond donors (Lipinski definition) is 1. The van der Waals surface area contributed by atoms with Crippen LogP contribution in [0.2, 0.25) is 0 Å². The predicted molar refractivity (Wildman–Crippen MR) is 69.7 cm³/mol. The Morgan fingerprint density at radius 3 is 2.82 bits per heavy atom. The molecule has 1 unspecified atom stereocenters. The van der Waals surface area contributed by atoms with Crippen molar-refractivity contribution in [1.82, 2.24) is 9.97 Å². The quantitative estimate of drug-likeness (QED) is 0.877. The highest BCUT2D eigenvalue weighted by atomic mass is 32.2. The molecule has 2 rings (SSSR count). The lowest BCUT2D eigenvalue weighted by Gasteiger charge is -2.22. The van der Waals surface area contributed by atoms with Crippen LogP contribution in [-0.4, -0.2) is 28.1 Å². The third-order valence-corrected chi connectivity index (χ3v) is 3.86. The van der Waals surface area contributed by atoms with E-state index in [0.29, 0.717) is 5.82 Å². The van der Waals surface area contributed by atoms with Crippen molar-refractivity contribution in [2.75, 3.05) is 18.1 Å². The first kappa shape index (κ1) is 12.6. The number of aromatic nitrogens is 2. The summed E-state index contributed by atoms with van der Waals surface area (Å²) in [5.41, 5.74) is 1.57. The summed E-state index contributed by atoms with van der Waals surface area (Å²) in [6, 6.07) is 0. The topological polar surface area (TPSA) is 55.0 Å². The third kappa shape index (κ3) is 2.72. The van der Waals surface area contributed by atoms with E-state index in [1.54, 1.807) is 0 Å². The fraction of sp³-hybridized carbons (Fsp3) is 0.667. The Hall–Kier alpha value is -0.810. The average Bonchev–Trinajstić information content (AvgIpc) is 2.28. The van der Waals surface area contributed by atoms with Crippen LogP contribution in [-0.2, 0) is 4.74 Å². The van der Waals surface area contributed by atoms with Gasteiger partial charge in [-0.3, -0.25) is 4.79 Å². The van der Waals surface area contributed by atoms with E-state index in [2.05, 4.69) is 9.97 Å². The minimum Gasteiger partial charge on any atom is -0.369 e. The summed E-state index contributed by atoms with van der Waals surface area (Å²) in [6.07, 6.45) is -0.0682. The average molecular weight is 254 g/mol. The number of aromatic amines is 1. The Balaban J connectivity index is 2.34. The van der Waals surface area contributed by atoms with Crippen molar-refractivity contribution in [1.29, 1.82) is 0 Å². The molecule has 4 nitrogen and oxygen atoms in total. The molecule has 2 heterocycles. The molecule has 1 aliphatic heterocycles. The first-order chi connectivity index (χ1) is 8.09. The van der Waals surface area contributed by atoms with Crippen LogP contribution in [0.15, 0.2) is 4.79 Å². The van der Waals surface area contributed by atoms with Crippen LogP contribution in [0, 0.1) is 6.92 Å². The Kier molecular flexibility index (Phi) is 3.89. The van der Waals surface area contributed by atoms with E-state index in [1.165, 1.54) is 0 Å². The number of nitrogens with one attached hydrogen (secondary N) is 1. The van der Waals surface area contributed by atoms with Crippen LogP contribution in [0.25, 0.3) is 0 Å². The second kappa shape index (κ2) is 5.23. The van der Waals surface area contributed by atoms with Gasteiger partial charge in [0.05, 0.1) is 6.61 Å². The minimum atomic E-state index is -0.0682. The summed E-state index contributed by atoms with van der Waals surface area (Å²) in [4.78, 5) is 19.3. The van der Waals surface area contributed by atoms with E-state index in [-0.39, 0.29) is 17.6 Å². The summed E-state index contributed by atoms with van der Waals surface area (Å²) in [6.45, 7) is 6.63. The molecule has 1 atom stereocenters. The van der Waals surface area contributed by atoms with Crippen molar-refractivity contribution in [3.8, 4) is 0 Å². The van der Waals surface area contributed by atoms with Gasteiger partial charge >= 0.3 is 0 Å². The summed E-state index contributed by atoms with van der Waals surface area (Å²) >= 11 is 1.83. The van der Waals surface area contributed by atoms with Gasteiger partial charge in [0.2, 0.25) is 0 Å². The normalized spacial score (nSPS) is 20.8. The van der Waals surface area contributed by atoms with Crippen LogP contribution in [0.5, 0.6) is 0 Å². The molecule has 94 valence electrons. The van der Waals surface area contributed by atoms with Gasteiger partial charge in [-0.1, -0.05) is 13.8 Å². The van der Waals surface area contributed by atoms with Crippen LogP contribution < -0.4 is 5.56 Å². The maximum absolute atomic E-state index is 12.0. The van der Waals surface area contributed by atoms with Crippen molar-refractivity contribution < 1.29 is 4.74 Å². The zero-order valence-corrected chi connectivity index (χ0v) is 11.3. The molecule has 0 aliphatic carbocycles. The van der Waals surface area contributed by atoms with Crippen LogP contribution in [0.4, 0.5) is 0 Å². The van der Waals surface area contributed by atoms with Gasteiger partial charge in [0.25, 0.3) is 5.56 Å². The molecule has 0 saturated carbocycles. The Morgan fingerprint density at radius 1 is 1.53 bits per heavy atom. The van der Waals surface area contributed by atoms with Gasteiger partial charge < -0.3 is 9.72 Å². The lowest BCUT2D eigenvalue weighted by Crippen LogP contribution is -2.25. The van der Waals surface area contributed by atoms with Gasteiger partial charge in [0.1, 0.15) is 11.9 Å². The highest BCUT2D eigenvalue weighted by Gasteiger charge is 2.21. The zero-order valence-electron chi connectivity index (χ0n) is 10.4. The molecule has 0 amide bonds.